The first kappa shape index (κ1) is 16.2. The van der Waals surface area contributed by atoms with Crippen molar-refractivity contribution in [2.45, 2.75) is 19.0 Å². The van der Waals surface area contributed by atoms with Gasteiger partial charge in [-0.1, -0.05) is 0 Å². The molecule has 0 amide bonds. The maximum Gasteiger partial charge on any atom is 0.123 e. The van der Waals surface area contributed by atoms with Crippen LogP contribution < -0.4 is 9.47 Å². The molecule has 1 N–H and O–H groups in total. The van der Waals surface area contributed by atoms with Gasteiger partial charge >= 0.3 is 0 Å². The Morgan fingerprint density at radius 3 is 2.96 bits per heavy atom. The number of aromatic amines is 1. The van der Waals surface area contributed by atoms with Crippen molar-refractivity contribution >= 4 is 11.3 Å². The van der Waals surface area contributed by atoms with E-state index >= 15 is 0 Å². The van der Waals surface area contributed by atoms with Crippen molar-refractivity contribution in [1.82, 2.24) is 14.9 Å². The molecule has 0 saturated heterocycles. The van der Waals surface area contributed by atoms with Crippen molar-refractivity contribution in [2.75, 3.05) is 20.8 Å². The minimum atomic E-state index is 0.164. The van der Waals surface area contributed by atoms with Gasteiger partial charge < -0.3 is 14.5 Å². The summed E-state index contributed by atoms with van der Waals surface area (Å²) in [5.41, 5.74) is 4.79. The van der Waals surface area contributed by atoms with Crippen molar-refractivity contribution < 1.29 is 9.47 Å². The first-order chi connectivity index (χ1) is 12.3. The van der Waals surface area contributed by atoms with E-state index in [1.54, 1.807) is 31.9 Å². The van der Waals surface area contributed by atoms with Crippen LogP contribution >= 0.6 is 11.3 Å². The number of thiophene rings is 1. The molecule has 0 unspecified atom stereocenters. The predicted molar refractivity (Wildman–Crippen MR) is 98.4 cm³/mol. The lowest BCUT2D eigenvalue weighted by molar-refractivity contribution is 0.198. The van der Waals surface area contributed by atoms with E-state index in [0.717, 1.165) is 42.3 Å². The molecule has 6 heteroatoms. The molecular formula is C19H21N3O2S. The van der Waals surface area contributed by atoms with Gasteiger partial charge in [0.05, 0.1) is 32.3 Å². The topological polar surface area (TPSA) is 50.4 Å². The molecule has 0 spiro atoms. The summed E-state index contributed by atoms with van der Waals surface area (Å²) in [6.07, 6.45) is 2.78. The summed E-state index contributed by atoms with van der Waals surface area (Å²) in [6, 6.07) is 8.31. The molecule has 4 rings (SSSR count). The summed E-state index contributed by atoms with van der Waals surface area (Å²) < 4.78 is 11.0. The van der Waals surface area contributed by atoms with Gasteiger partial charge in [-0.05, 0) is 40.6 Å². The Morgan fingerprint density at radius 2 is 2.20 bits per heavy atom. The Balaban J connectivity index is 1.70. The Labute approximate surface area is 151 Å². The van der Waals surface area contributed by atoms with Crippen molar-refractivity contribution in [1.29, 1.82) is 0 Å². The molecule has 25 heavy (non-hydrogen) atoms. The molecule has 0 bridgehead atoms. The summed E-state index contributed by atoms with van der Waals surface area (Å²) in [7, 11) is 3.40. The number of aromatic nitrogens is 2. The van der Waals surface area contributed by atoms with Crippen LogP contribution in [0.5, 0.6) is 11.5 Å². The number of benzene rings is 1. The normalized spacial score (nSPS) is 17.3. The number of methoxy groups -OCH3 is 2. The first-order valence-electron chi connectivity index (χ1n) is 8.29. The van der Waals surface area contributed by atoms with Crippen molar-refractivity contribution in [3.63, 3.8) is 0 Å². The molecule has 0 fully saturated rings. The highest BCUT2D eigenvalue weighted by Crippen LogP contribution is 2.36. The molecule has 2 aromatic heterocycles. The third-order valence-electron chi connectivity index (χ3n) is 4.74. The Hall–Kier alpha value is -2.31. The van der Waals surface area contributed by atoms with Gasteiger partial charge in [0.15, 0.2) is 0 Å². The summed E-state index contributed by atoms with van der Waals surface area (Å²) in [5, 5.41) is 4.34. The predicted octanol–water partition coefficient (Wildman–Crippen LogP) is 3.64. The van der Waals surface area contributed by atoms with Gasteiger partial charge in [0.1, 0.15) is 11.5 Å². The summed E-state index contributed by atoms with van der Waals surface area (Å²) in [5.74, 6) is 1.73. The number of ether oxygens (including phenoxy) is 2. The third kappa shape index (κ3) is 3.03. The average molecular weight is 355 g/mol. The number of fused-ring (bicyclic) bond motifs is 1. The summed E-state index contributed by atoms with van der Waals surface area (Å²) in [6.45, 7) is 1.75. The van der Waals surface area contributed by atoms with Crippen LogP contribution in [0.4, 0.5) is 0 Å². The second-order valence-corrected chi connectivity index (χ2v) is 6.90. The summed E-state index contributed by atoms with van der Waals surface area (Å²) in [4.78, 5) is 10.4. The number of rotatable bonds is 5. The van der Waals surface area contributed by atoms with E-state index in [4.69, 9.17) is 9.47 Å². The van der Waals surface area contributed by atoms with Gasteiger partial charge in [-0.15, -0.1) is 0 Å². The number of imidazole rings is 1. The van der Waals surface area contributed by atoms with Crippen molar-refractivity contribution in [2.24, 2.45) is 0 Å². The molecule has 0 saturated carbocycles. The lowest BCUT2D eigenvalue weighted by Gasteiger charge is -2.35. The Morgan fingerprint density at radius 1 is 1.28 bits per heavy atom. The van der Waals surface area contributed by atoms with E-state index in [2.05, 4.69) is 37.8 Å². The molecule has 130 valence electrons. The van der Waals surface area contributed by atoms with Crippen LogP contribution in [0.15, 0.2) is 41.4 Å². The fraction of sp³-hybridized carbons (Fsp3) is 0.316. The highest BCUT2D eigenvalue weighted by Gasteiger charge is 2.31. The van der Waals surface area contributed by atoms with Crippen LogP contribution in [0, 0.1) is 0 Å². The zero-order valence-electron chi connectivity index (χ0n) is 14.4. The second-order valence-electron chi connectivity index (χ2n) is 6.12. The number of nitrogens with zero attached hydrogens (tertiary/aromatic N) is 2. The van der Waals surface area contributed by atoms with Gasteiger partial charge in [-0.2, -0.15) is 11.3 Å². The van der Waals surface area contributed by atoms with Gasteiger partial charge in [-0.25, -0.2) is 4.98 Å². The highest BCUT2D eigenvalue weighted by atomic mass is 32.1. The van der Waals surface area contributed by atoms with E-state index < -0.39 is 0 Å². The summed E-state index contributed by atoms with van der Waals surface area (Å²) >= 11 is 1.72. The molecule has 5 nitrogen and oxygen atoms in total. The monoisotopic (exact) mass is 355 g/mol. The van der Waals surface area contributed by atoms with Gasteiger partial charge in [0, 0.05) is 30.8 Å². The zero-order chi connectivity index (χ0) is 17.2. The minimum absolute atomic E-state index is 0.164. The second kappa shape index (κ2) is 6.90. The van der Waals surface area contributed by atoms with E-state index in [1.165, 1.54) is 11.3 Å². The molecule has 1 aliphatic heterocycles. The lowest BCUT2D eigenvalue weighted by Crippen LogP contribution is -2.35. The van der Waals surface area contributed by atoms with Crippen molar-refractivity contribution in [3.05, 3.63) is 63.9 Å². The Kier molecular flexibility index (Phi) is 4.46. The van der Waals surface area contributed by atoms with Crippen LogP contribution in [-0.4, -0.2) is 35.6 Å². The van der Waals surface area contributed by atoms with Crippen molar-refractivity contribution in [3.8, 4) is 11.5 Å². The molecule has 3 heterocycles. The van der Waals surface area contributed by atoms with Crippen LogP contribution in [0.25, 0.3) is 0 Å². The number of hydrogen-bond acceptors (Lipinski definition) is 5. The van der Waals surface area contributed by atoms with Crippen LogP contribution in [0.3, 0.4) is 0 Å². The van der Waals surface area contributed by atoms with Gasteiger partial charge in [0.2, 0.25) is 0 Å². The quantitative estimate of drug-likeness (QED) is 0.759. The SMILES string of the molecule is COc1ccc(OC)c(CN2CCc3[nH]cnc3[C@H]2c2ccsc2)c1. The number of H-pyrrole nitrogens is 1. The average Bonchev–Trinajstić information content (AvgIpc) is 3.33. The molecule has 1 atom stereocenters. The van der Waals surface area contributed by atoms with E-state index in [0.29, 0.717) is 0 Å². The lowest BCUT2D eigenvalue weighted by atomic mass is 9.97. The van der Waals surface area contributed by atoms with E-state index in [9.17, 15) is 0 Å². The van der Waals surface area contributed by atoms with Crippen LogP contribution in [-0.2, 0) is 13.0 Å². The van der Waals surface area contributed by atoms with Gasteiger partial charge in [-0.3, -0.25) is 4.90 Å². The standard InChI is InChI=1S/C19H21N3O2S/c1-23-15-3-4-17(24-2)14(9-15)10-22-7-5-16-18(21-12-20-16)19(22)13-6-8-25-11-13/h3-4,6,8-9,11-12,19H,5,7,10H2,1-2H3,(H,20,21)/t19-/m1/s1. The maximum absolute atomic E-state index is 5.56. The smallest absolute Gasteiger partial charge is 0.123 e. The molecule has 0 radical (unpaired) electrons. The number of hydrogen-bond donors (Lipinski definition) is 1. The van der Waals surface area contributed by atoms with Gasteiger partial charge in [0.25, 0.3) is 0 Å². The minimum Gasteiger partial charge on any atom is -0.497 e. The largest absolute Gasteiger partial charge is 0.497 e. The Bertz CT molecular complexity index is 844. The molecule has 1 aliphatic rings. The van der Waals surface area contributed by atoms with E-state index in [1.807, 2.05) is 12.1 Å². The van der Waals surface area contributed by atoms with Crippen LogP contribution in [0.2, 0.25) is 0 Å². The fourth-order valence-electron chi connectivity index (χ4n) is 3.52. The first-order valence-corrected chi connectivity index (χ1v) is 9.23. The zero-order valence-corrected chi connectivity index (χ0v) is 15.2. The van der Waals surface area contributed by atoms with Crippen LogP contribution in [0.1, 0.15) is 28.6 Å². The molecule has 3 aromatic rings. The number of nitrogens with one attached hydrogen (secondary N) is 1. The molecule has 1 aromatic carbocycles. The maximum atomic E-state index is 5.56. The molecule has 0 aliphatic carbocycles. The highest BCUT2D eigenvalue weighted by molar-refractivity contribution is 7.08. The molecular weight excluding hydrogens is 334 g/mol. The third-order valence-corrected chi connectivity index (χ3v) is 5.45. The van der Waals surface area contributed by atoms with E-state index in [-0.39, 0.29) is 6.04 Å². The fourth-order valence-corrected chi connectivity index (χ4v) is 4.20.